The summed E-state index contributed by atoms with van der Waals surface area (Å²) in [5.41, 5.74) is -0.835. The molecule has 2 atom stereocenters. The first-order chi connectivity index (χ1) is 17.4. The van der Waals surface area contributed by atoms with Gasteiger partial charge in [0.1, 0.15) is 5.54 Å². The lowest BCUT2D eigenvalue weighted by Gasteiger charge is -2.36. The van der Waals surface area contributed by atoms with E-state index < -0.39 is 5.54 Å². The van der Waals surface area contributed by atoms with Gasteiger partial charge in [0.25, 0.3) is 0 Å². The van der Waals surface area contributed by atoms with Crippen LogP contribution in [0.1, 0.15) is 90.9 Å². The van der Waals surface area contributed by atoms with E-state index in [0.29, 0.717) is 51.2 Å². The molecule has 0 radical (unpaired) electrons. The third kappa shape index (κ3) is 7.01. The second-order valence-corrected chi connectivity index (χ2v) is 12.4. The van der Waals surface area contributed by atoms with Crippen LogP contribution < -0.4 is 5.32 Å². The molecule has 4 rings (SSSR count). The second-order valence-electron chi connectivity index (χ2n) is 12.4. The Morgan fingerprint density at radius 1 is 1.03 bits per heavy atom. The largest absolute Gasteiger partial charge is 0.378 e. The number of hydrogen-bond acceptors (Lipinski definition) is 5. The van der Waals surface area contributed by atoms with E-state index in [-0.39, 0.29) is 24.2 Å². The predicted molar refractivity (Wildman–Crippen MR) is 140 cm³/mol. The molecule has 2 saturated carbocycles. The van der Waals surface area contributed by atoms with Gasteiger partial charge in [-0.2, -0.15) is 5.26 Å². The molecule has 0 aromatic carbocycles. The van der Waals surface area contributed by atoms with Crippen LogP contribution in [-0.4, -0.2) is 72.6 Å². The summed E-state index contributed by atoms with van der Waals surface area (Å²) in [6.07, 6.45) is 12.6. The van der Waals surface area contributed by atoms with E-state index in [0.717, 1.165) is 37.6 Å². The van der Waals surface area contributed by atoms with Crippen LogP contribution in [0.3, 0.4) is 0 Å². The van der Waals surface area contributed by atoms with Crippen LogP contribution in [0.2, 0.25) is 0 Å². The van der Waals surface area contributed by atoms with E-state index in [4.69, 9.17) is 4.74 Å². The molecule has 0 spiro atoms. The van der Waals surface area contributed by atoms with Crippen molar-refractivity contribution in [2.24, 2.45) is 23.7 Å². The Kier molecular flexibility index (Phi) is 9.69. The number of nitriles is 1. The van der Waals surface area contributed by atoms with Crippen LogP contribution >= 0.6 is 0 Å². The van der Waals surface area contributed by atoms with E-state index in [9.17, 15) is 14.9 Å². The van der Waals surface area contributed by atoms with Gasteiger partial charge in [0, 0.05) is 44.6 Å². The van der Waals surface area contributed by atoms with Gasteiger partial charge >= 0.3 is 0 Å². The number of ether oxygens (including phenoxy) is 1. The molecule has 36 heavy (non-hydrogen) atoms. The Bertz CT molecular complexity index is 776. The summed E-state index contributed by atoms with van der Waals surface area (Å²) in [4.78, 5) is 31.1. The van der Waals surface area contributed by atoms with Gasteiger partial charge in [0.05, 0.1) is 19.3 Å². The molecular weight excluding hydrogens is 452 g/mol. The maximum Gasteiger partial charge on any atom is 0.224 e. The minimum atomic E-state index is -0.835. The molecular formula is C29H48N4O3. The lowest BCUT2D eigenvalue weighted by atomic mass is 9.79. The highest BCUT2D eigenvalue weighted by atomic mass is 16.5. The first kappa shape index (κ1) is 27.4. The first-order valence-electron chi connectivity index (χ1n) is 14.7. The number of likely N-dealkylation sites (tertiary alicyclic amines) is 1. The van der Waals surface area contributed by atoms with Crippen LogP contribution in [0, 0.1) is 35.0 Å². The molecule has 2 heterocycles. The molecule has 4 fully saturated rings. The SMILES string of the molecule is CC(C)[C@H]1CC[C@@H](N2CC[C@@](C#N)(NC(=O)[C@@H](CC(=O)N3CCOCC3)CC3CCCCC3)C2)CC1. The summed E-state index contributed by atoms with van der Waals surface area (Å²) in [7, 11) is 0. The molecule has 0 aromatic rings. The Morgan fingerprint density at radius 3 is 2.36 bits per heavy atom. The van der Waals surface area contributed by atoms with Gasteiger partial charge in [-0.15, -0.1) is 0 Å². The van der Waals surface area contributed by atoms with E-state index in [1.807, 2.05) is 4.90 Å². The number of nitrogens with one attached hydrogen (secondary N) is 1. The maximum atomic E-state index is 13.7. The number of morpholine rings is 1. The van der Waals surface area contributed by atoms with Crippen LogP contribution in [-0.2, 0) is 14.3 Å². The van der Waals surface area contributed by atoms with Crippen molar-refractivity contribution >= 4 is 11.8 Å². The lowest BCUT2D eigenvalue weighted by molar-refractivity contribution is -0.140. The zero-order valence-corrected chi connectivity index (χ0v) is 22.7. The minimum Gasteiger partial charge on any atom is -0.378 e. The molecule has 202 valence electrons. The zero-order chi connectivity index (χ0) is 25.5. The Hall–Kier alpha value is -1.65. The van der Waals surface area contributed by atoms with E-state index in [1.54, 1.807) is 0 Å². The summed E-state index contributed by atoms with van der Waals surface area (Å²) in [6, 6.07) is 3.02. The Labute approximate surface area is 218 Å². The Morgan fingerprint density at radius 2 is 1.72 bits per heavy atom. The highest BCUT2D eigenvalue weighted by Crippen LogP contribution is 2.36. The third-order valence-electron chi connectivity index (χ3n) is 9.57. The predicted octanol–water partition coefficient (Wildman–Crippen LogP) is 4.12. The molecule has 7 heteroatoms. The molecule has 2 amide bonds. The number of rotatable bonds is 8. The highest BCUT2D eigenvalue weighted by molar-refractivity contribution is 5.86. The summed E-state index contributed by atoms with van der Waals surface area (Å²) in [5.74, 6) is 1.66. The number of hydrogen-bond donors (Lipinski definition) is 1. The fraction of sp³-hybridized carbons (Fsp3) is 0.897. The van der Waals surface area contributed by atoms with Crippen molar-refractivity contribution in [1.82, 2.24) is 15.1 Å². The van der Waals surface area contributed by atoms with Gasteiger partial charge in [-0.25, -0.2) is 0 Å². The van der Waals surface area contributed by atoms with Gasteiger partial charge < -0.3 is 15.0 Å². The van der Waals surface area contributed by atoms with E-state index >= 15 is 0 Å². The van der Waals surface area contributed by atoms with Crippen molar-refractivity contribution in [2.45, 2.75) is 102 Å². The standard InChI is InChI=1S/C29H48N4O3/c1-22(2)24-8-10-26(11-9-24)33-13-12-29(20-30,21-33)31-28(35)25(18-23-6-4-3-5-7-23)19-27(34)32-14-16-36-17-15-32/h22-26H,3-19,21H2,1-2H3,(H,31,35)/t24-,25-,26+,29+/m1/s1. The fourth-order valence-electron chi connectivity index (χ4n) is 7.10. The molecule has 0 unspecified atom stereocenters. The van der Waals surface area contributed by atoms with Crippen molar-refractivity contribution in [3.63, 3.8) is 0 Å². The van der Waals surface area contributed by atoms with Crippen molar-refractivity contribution < 1.29 is 14.3 Å². The van der Waals surface area contributed by atoms with Gasteiger partial charge in [-0.3, -0.25) is 14.5 Å². The first-order valence-corrected chi connectivity index (χ1v) is 14.7. The molecule has 0 bridgehead atoms. The van der Waals surface area contributed by atoms with Crippen LogP contribution in [0.15, 0.2) is 0 Å². The quantitative estimate of drug-likeness (QED) is 0.542. The average molecular weight is 501 g/mol. The zero-order valence-electron chi connectivity index (χ0n) is 22.7. The summed E-state index contributed by atoms with van der Waals surface area (Å²) >= 11 is 0. The summed E-state index contributed by atoms with van der Waals surface area (Å²) in [5, 5.41) is 13.4. The van der Waals surface area contributed by atoms with Crippen LogP contribution in [0.4, 0.5) is 0 Å². The Balaban J connectivity index is 1.37. The summed E-state index contributed by atoms with van der Waals surface area (Å²) < 4.78 is 5.40. The third-order valence-corrected chi connectivity index (χ3v) is 9.57. The highest BCUT2D eigenvalue weighted by Gasteiger charge is 2.44. The fourth-order valence-corrected chi connectivity index (χ4v) is 7.10. The van der Waals surface area contributed by atoms with Gasteiger partial charge in [0.15, 0.2) is 0 Å². The van der Waals surface area contributed by atoms with Gasteiger partial charge in [-0.1, -0.05) is 46.0 Å². The smallest absolute Gasteiger partial charge is 0.224 e. The topological polar surface area (TPSA) is 85.7 Å². The maximum absolute atomic E-state index is 13.7. The number of carbonyl (C=O) groups excluding carboxylic acids is 2. The second kappa shape index (κ2) is 12.7. The van der Waals surface area contributed by atoms with Gasteiger partial charge in [0.2, 0.25) is 11.8 Å². The van der Waals surface area contributed by atoms with Crippen molar-refractivity contribution in [2.75, 3.05) is 39.4 Å². The molecule has 7 nitrogen and oxygen atoms in total. The lowest BCUT2D eigenvalue weighted by Crippen LogP contribution is -2.53. The van der Waals surface area contributed by atoms with Crippen molar-refractivity contribution in [3.8, 4) is 6.07 Å². The van der Waals surface area contributed by atoms with Crippen molar-refractivity contribution in [1.29, 1.82) is 5.26 Å². The van der Waals surface area contributed by atoms with Crippen molar-refractivity contribution in [3.05, 3.63) is 0 Å². The number of nitrogens with zero attached hydrogens (tertiary/aromatic N) is 3. The molecule has 1 N–H and O–H groups in total. The van der Waals surface area contributed by atoms with Gasteiger partial charge in [-0.05, 0) is 56.3 Å². The van der Waals surface area contributed by atoms with E-state index in [2.05, 4.69) is 30.1 Å². The number of carbonyl (C=O) groups is 2. The number of amides is 2. The summed E-state index contributed by atoms with van der Waals surface area (Å²) in [6.45, 7) is 8.47. The minimum absolute atomic E-state index is 0.0511. The monoisotopic (exact) mass is 500 g/mol. The molecule has 2 aliphatic heterocycles. The van der Waals surface area contributed by atoms with Crippen LogP contribution in [0.25, 0.3) is 0 Å². The molecule has 2 saturated heterocycles. The van der Waals surface area contributed by atoms with E-state index in [1.165, 1.54) is 44.9 Å². The normalized spacial score (nSPS) is 31.2. The molecule has 2 aliphatic carbocycles. The molecule has 4 aliphatic rings. The molecule has 0 aromatic heterocycles. The average Bonchev–Trinajstić information content (AvgIpc) is 3.33. The van der Waals surface area contributed by atoms with Crippen LogP contribution in [0.5, 0.6) is 0 Å².